The van der Waals surface area contributed by atoms with Crippen molar-refractivity contribution in [2.45, 2.75) is 58.2 Å². The Morgan fingerprint density at radius 1 is 0.972 bits per heavy atom. The van der Waals surface area contributed by atoms with Crippen LogP contribution < -0.4 is 10.6 Å². The van der Waals surface area contributed by atoms with E-state index < -0.39 is 11.6 Å². The predicted octanol–water partition coefficient (Wildman–Crippen LogP) is 6.99. The zero-order valence-corrected chi connectivity index (χ0v) is 20.7. The lowest BCUT2D eigenvalue weighted by Crippen LogP contribution is -2.26. The first-order valence-corrected chi connectivity index (χ1v) is 12.6. The maximum absolute atomic E-state index is 13.7. The number of amides is 1. The molecule has 3 aromatic carbocycles. The molecule has 1 heterocycles. The molecule has 0 aliphatic heterocycles. The monoisotopic (exact) mass is 487 g/mol. The fourth-order valence-corrected chi connectivity index (χ4v) is 5.01. The van der Waals surface area contributed by atoms with Gasteiger partial charge >= 0.3 is 0 Å². The number of benzene rings is 3. The van der Waals surface area contributed by atoms with Crippen LogP contribution in [0.3, 0.4) is 0 Å². The van der Waals surface area contributed by atoms with Crippen molar-refractivity contribution < 1.29 is 13.6 Å². The largest absolute Gasteiger partial charge is 0.382 e. The van der Waals surface area contributed by atoms with Gasteiger partial charge in [-0.2, -0.15) is 0 Å². The maximum atomic E-state index is 13.7. The second-order valence-corrected chi connectivity index (χ2v) is 9.95. The predicted molar refractivity (Wildman–Crippen MR) is 140 cm³/mol. The van der Waals surface area contributed by atoms with Crippen LogP contribution in [0.4, 0.5) is 14.5 Å². The van der Waals surface area contributed by atoms with Crippen LogP contribution in [-0.2, 0) is 13.1 Å². The molecule has 0 unspecified atom stereocenters. The third-order valence-electron chi connectivity index (χ3n) is 6.91. The lowest BCUT2D eigenvalue weighted by molar-refractivity contribution is 0.0950. The van der Waals surface area contributed by atoms with Crippen LogP contribution in [0.15, 0.2) is 66.7 Å². The van der Waals surface area contributed by atoms with Gasteiger partial charge in [0, 0.05) is 42.0 Å². The minimum Gasteiger partial charge on any atom is -0.382 e. The third kappa shape index (κ3) is 4.99. The number of anilines is 1. The van der Waals surface area contributed by atoms with Crippen molar-refractivity contribution in [2.24, 2.45) is 0 Å². The molecule has 6 heteroatoms. The Morgan fingerprint density at radius 3 is 2.33 bits per heavy atom. The Balaban J connectivity index is 1.56. The lowest BCUT2D eigenvalue weighted by Gasteiger charge is -2.27. The minimum absolute atomic E-state index is 0.0394. The number of carbonyl (C=O) groups is 1. The lowest BCUT2D eigenvalue weighted by atomic mass is 9.93. The summed E-state index contributed by atoms with van der Waals surface area (Å²) in [7, 11) is 0. The van der Waals surface area contributed by atoms with E-state index in [4.69, 9.17) is 0 Å². The Labute approximate surface area is 210 Å². The molecule has 1 aliphatic rings. The van der Waals surface area contributed by atoms with E-state index >= 15 is 0 Å². The Hall–Kier alpha value is -3.67. The molecule has 36 heavy (non-hydrogen) atoms. The van der Waals surface area contributed by atoms with Gasteiger partial charge < -0.3 is 15.2 Å². The first-order chi connectivity index (χ1) is 17.4. The highest BCUT2D eigenvalue weighted by atomic mass is 19.1. The van der Waals surface area contributed by atoms with Gasteiger partial charge in [-0.3, -0.25) is 4.79 Å². The summed E-state index contributed by atoms with van der Waals surface area (Å²) in [6.45, 7) is 4.85. The number of hydrogen-bond donors (Lipinski definition) is 2. The van der Waals surface area contributed by atoms with Gasteiger partial charge in [-0.15, -0.1) is 0 Å². The number of fused-ring (bicyclic) bond motifs is 1. The van der Waals surface area contributed by atoms with Gasteiger partial charge in [0.25, 0.3) is 5.91 Å². The van der Waals surface area contributed by atoms with E-state index in [9.17, 15) is 13.6 Å². The van der Waals surface area contributed by atoms with E-state index in [1.54, 1.807) is 0 Å². The molecule has 0 radical (unpaired) electrons. The third-order valence-corrected chi connectivity index (χ3v) is 6.91. The first-order valence-electron chi connectivity index (χ1n) is 12.6. The summed E-state index contributed by atoms with van der Waals surface area (Å²) in [5.74, 6) is -1.49. The molecule has 1 fully saturated rings. The molecule has 2 N–H and O–H groups in total. The van der Waals surface area contributed by atoms with Gasteiger partial charge in [-0.1, -0.05) is 44.2 Å². The van der Waals surface area contributed by atoms with Gasteiger partial charge in [0.1, 0.15) is 11.6 Å². The molecule has 4 nitrogen and oxygen atoms in total. The molecule has 0 bridgehead atoms. The van der Waals surface area contributed by atoms with E-state index in [2.05, 4.69) is 47.2 Å². The molecule has 1 aromatic heterocycles. The zero-order valence-electron chi connectivity index (χ0n) is 20.7. The SMILES string of the molecule is CC(C)c1c(C(=O)NCc2cc(F)cc(F)c2)c2ccc(NC3CCC3)cc2n1Cc1ccccc1. The summed E-state index contributed by atoms with van der Waals surface area (Å²) in [5, 5.41) is 7.39. The topological polar surface area (TPSA) is 46.1 Å². The van der Waals surface area contributed by atoms with Crippen molar-refractivity contribution in [3.05, 3.63) is 101 Å². The summed E-state index contributed by atoms with van der Waals surface area (Å²) in [6, 6.07) is 20.2. The number of nitrogens with zero attached hydrogens (tertiary/aromatic N) is 1. The van der Waals surface area contributed by atoms with Crippen LogP contribution >= 0.6 is 0 Å². The van der Waals surface area contributed by atoms with Crippen LogP contribution in [0.2, 0.25) is 0 Å². The highest BCUT2D eigenvalue weighted by Crippen LogP contribution is 2.35. The normalized spacial score (nSPS) is 13.7. The standard InChI is InChI=1S/C30H31F2N3O/c1-19(2)29-28(30(36)33-17-21-13-22(31)15-23(32)14-21)26-12-11-25(34-24-9-6-10-24)16-27(26)35(29)18-20-7-4-3-5-8-20/h3-5,7-8,11-16,19,24,34H,6,9-10,17-18H2,1-2H3,(H,33,36). The minimum atomic E-state index is -0.659. The fraction of sp³-hybridized carbons (Fsp3) is 0.300. The van der Waals surface area contributed by atoms with Crippen molar-refractivity contribution in [2.75, 3.05) is 5.32 Å². The van der Waals surface area contributed by atoms with Crippen molar-refractivity contribution in [3.63, 3.8) is 0 Å². The number of halogens is 2. The Bertz CT molecular complexity index is 1370. The molecular formula is C30H31F2N3O. The Kier molecular flexibility index (Phi) is 6.77. The highest BCUT2D eigenvalue weighted by Gasteiger charge is 2.25. The molecule has 186 valence electrons. The quantitative estimate of drug-likeness (QED) is 0.281. The van der Waals surface area contributed by atoms with Gasteiger partial charge in [-0.25, -0.2) is 8.78 Å². The molecule has 0 saturated heterocycles. The average Bonchev–Trinajstić information content (AvgIpc) is 3.14. The summed E-state index contributed by atoms with van der Waals surface area (Å²) in [6.07, 6.45) is 3.60. The van der Waals surface area contributed by atoms with Crippen molar-refractivity contribution in [3.8, 4) is 0 Å². The van der Waals surface area contributed by atoms with Crippen LogP contribution in [0.25, 0.3) is 10.9 Å². The fourth-order valence-electron chi connectivity index (χ4n) is 5.01. The molecular weight excluding hydrogens is 456 g/mol. The smallest absolute Gasteiger partial charge is 0.254 e. The number of nitrogens with one attached hydrogen (secondary N) is 2. The second-order valence-electron chi connectivity index (χ2n) is 9.95. The van der Waals surface area contributed by atoms with E-state index in [-0.39, 0.29) is 18.4 Å². The molecule has 0 atom stereocenters. The second kappa shape index (κ2) is 10.1. The molecule has 5 rings (SSSR count). The van der Waals surface area contributed by atoms with Crippen LogP contribution in [0.1, 0.15) is 66.2 Å². The summed E-state index contributed by atoms with van der Waals surface area (Å²) in [4.78, 5) is 13.6. The number of hydrogen-bond acceptors (Lipinski definition) is 2. The van der Waals surface area contributed by atoms with Gasteiger partial charge in [0.2, 0.25) is 0 Å². The summed E-state index contributed by atoms with van der Waals surface area (Å²) in [5.41, 5.74) is 5.13. The van der Waals surface area contributed by atoms with Crippen molar-refractivity contribution >= 4 is 22.5 Å². The molecule has 0 spiro atoms. The number of carbonyl (C=O) groups excluding carboxylic acids is 1. The van der Waals surface area contributed by atoms with Crippen LogP contribution in [0.5, 0.6) is 0 Å². The highest BCUT2D eigenvalue weighted by molar-refractivity contribution is 6.09. The van der Waals surface area contributed by atoms with Crippen LogP contribution in [0, 0.1) is 11.6 Å². The van der Waals surface area contributed by atoms with Crippen molar-refractivity contribution in [1.82, 2.24) is 9.88 Å². The summed E-state index contributed by atoms with van der Waals surface area (Å²) < 4.78 is 29.6. The summed E-state index contributed by atoms with van der Waals surface area (Å²) >= 11 is 0. The van der Waals surface area contributed by atoms with E-state index in [0.29, 0.717) is 23.7 Å². The van der Waals surface area contributed by atoms with Gasteiger partial charge in [0.05, 0.1) is 11.1 Å². The number of rotatable bonds is 8. The number of aromatic nitrogens is 1. The van der Waals surface area contributed by atoms with Crippen LogP contribution in [-0.4, -0.2) is 16.5 Å². The Morgan fingerprint density at radius 2 is 1.69 bits per heavy atom. The maximum Gasteiger partial charge on any atom is 0.254 e. The first kappa shape index (κ1) is 24.0. The van der Waals surface area contributed by atoms with E-state index in [1.165, 1.54) is 31.4 Å². The average molecular weight is 488 g/mol. The molecule has 4 aromatic rings. The van der Waals surface area contributed by atoms with Gasteiger partial charge in [0.15, 0.2) is 0 Å². The molecule has 1 aliphatic carbocycles. The zero-order chi connectivity index (χ0) is 25.2. The van der Waals surface area contributed by atoms with Crippen molar-refractivity contribution in [1.29, 1.82) is 0 Å². The van der Waals surface area contributed by atoms with Gasteiger partial charge in [-0.05, 0) is 66.6 Å². The van der Waals surface area contributed by atoms with E-state index in [1.807, 2.05) is 30.3 Å². The molecule has 1 amide bonds. The molecule has 1 saturated carbocycles. The van der Waals surface area contributed by atoms with E-state index in [0.717, 1.165) is 33.9 Å².